The first kappa shape index (κ1) is 19.0. The molecule has 1 aromatic carbocycles. The Bertz CT molecular complexity index is 749. The van der Waals surface area contributed by atoms with Crippen LogP contribution < -0.4 is 10.1 Å². The van der Waals surface area contributed by atoms with E-state index >= 15 is 0 Å². The number of piperidine rings is 1. The average molecular weight is 409 g/mol. The van der Waals surface area contributed by atoms with E-state index in [1.165, 1.54) is 23.4 Å². The molecule has 0 amide bonds. The van der Waals surface area contributed by atoms with Crippen LogP contribution in [0.2, 0.25) is 0 Å². The van der Waals surface area contributed by atoms with Crippen LogP contribution in [0.4, 0.5) is 0 Å². The van der Waals surface area contributed by atoms with Crippen molar-refractivity contribution in [2.45, 2.75) is 31.8 Å². The zero-order valence-corrected chi connectivity index (χ0v) is 16.7. The highest BCUT2D eigenvalue weighted by atomic mass is 32.2. The molecule has 0 radical (unpaired) electrons. The lowest BCUT2D eigenvalue weighted by atomic mass is 9.99. The van der Waals surface area contributed by atoms with Gasteiger partial charge in [0.25, 0.3) is 0 Å². The Morgan fingerprint density at radius 1 is 1.19 bits per heavy atom. The molecular weight excluding hydrogens is 384 g/mol. The van der Waals surface area contributed by atoms with E-state index in [9.17, 15) is 4.21 Å². The van der Waals surface area contributed by atoms with Gasteiger partial charge in [-0.15, -0.1) is 11.3 Å². The number of thiazole rings is 1. The second-order valence-corrected chi connectivity index (χ2v) is 8.75. The van der Waals surface area contributed by atoms with Crippen LogP contribution in [0.5, 0.6) is 5.75 Å². The van der Waals surface area contributed by atoms with Crippen LogP contribution in [0.15, 0.2) is 29.6 Å². The number of hydrogen-bond acceptors (Lipinski definition) is 7. The first-order valence-corrected chi connectivity index (χ1v) is 11.2. The number of ether oxygens (including phenoxy) is 1. The fourth-order valence-corrected chi connectivity index (χ4v) is 5.01. The van der Waals surface area contributed by atoms with Crippen LogP contribution in [0.1, 0.15) is 35.0 Å². The predicted octanol–water partition coefficient (Wildman–Crippen LogP) is 2.97. The Balaban J connectivity index is 1.26. The van der Waals surface area contributed by atoms with Crippen LogP contribution in [0.25, 0.3) is 0 Å². The maximum atomic E-state index is 11.0. The topological polar surface area (TPSA) is 69.7 Å². The molecule has 146 valence electrons. The molecule has 27 heavy (non-hydrogen) atoms. The summed E-state index contributed by atoms with van der Waals surface area (Å²) >= 11 is 0.177. The van der Waals surface area contributed by atoms with Crippen molar-refractivity contribution in [2.24, 2.45) is 5.92 Å². The molecule has 6 nitrogen and oxygen atoms in total. The third-order valence-corrected chi connectivity index (χ3v) is 6.61. The van der Waals surface area contributed by atoms with Gasteiger partial charge in [-0.2, -0.15) is 4.21 Å². The average Bonchev–Trinajstić information content (AvgIpc) is 3.19. The van der Waals surface area contributed by atoms with Gasteiger partial charge in [-0.1, -0.05) is 12.1 Å². The molecule has 0 aliphatic carbocycles. The van der Waals surface area contributed by atoms with E-state index in [1.54, 1.807) is 11.3 Å². The van der Waals surface area contributed by atoms with E-state index in [2.05, 4.69) is 22.8 Å². The summed E-state index contributed by atoms with van der Waals surface area (Å²) in [6, 6.07) is 8.08. The Hall–Kier alpha value is -1.32. The van der Waals surface area contributed by atoms with E-state index in [0.29, 0.717) is 25.7 Å². The lowest BCUT2D eigenvalue weighted by molar-refractivity contribution is 0.124. The molecule has 1 aromatic heterocycles. The van der Waals surface area contributed by atoms with Gasteiger partial charge in [-0.3, -0.25) is 8.37 Å². The fourth-order valence-electron chi connectivity index (χ4n) is 3.36. The van der Waals surface area contributed by atoms with Gasteiger partial charge in [0.05, 0.1) is 23.9 Å². The molecule has 2 saturated heterocycles. The van der Waals surface area contributed by atoms with Crippen molar-refractivity contribution in [3.8, 4) is 5.75 Å². The molecule has 0 unspecified atom stereocenters. The minimum atomic E-state index is -1.57. The van der Waals surface area contributed by atoms with Gasteiger partial charge in [0.15, 0.2) is 0 Å². The summed E-state index contributed by atoms with van der Waals surface area (Å²) in [5.41, 5.74) is 2.19. The van der Waals surface area contributed by atoms with E-state index in [4.69, 9.17) is 18.1 Å². The van der Waals surface area contributed by atoms with Crippen molar-refractivity contribution in [3.05, 3.63) is 45.9 Å². The summed E-state index contributed by atoms with van der Waals surface area (Å²) in [6.45, 7) is 3.60. The highest BCUT2D eigenvalue weighted by molar-refractivity contribution is 7.75. The molecule has 0 atom stereocenters. The minimum absolute atomic E-state index is 0.234. The van der Waals surface area contributed by atoms with Crippen LogP contribution in [-0.4, -0.2) is 35.5 Å². The molecular formula is C19H24N2O4S2. The second kappa shape index (κ2) is 9.25. The summed E-state index contributed by atoms with van der Waals surface area (Å²) in [4.78, 5) is 4.76. The SMILES string of the molecule is O=S1OCC(Cc2ccc(OCc3csc(C4CCNCC4)n3)cc2)CO1. The summed E-state index contributed by atoms with van der Waals surface area (Å²) in [5.74, 6) is 1.67. The standard InChI is InChI=1S/C19H24N2O4S2/c22-27-24-10-15(11-25-27)9-14-1-3-18(4-2-14)23-12-17-13-26-19(21-17)16-5-7-20-8-6-16/h1-4,13,15-16,20H,5-12H2. The molecule has 2 aliphatic rings. The van der Waals surface area contributed by atoms with E-state index in [1.807, 2.05) is 12.1 Å². The molecule has 0 bridgehead atoms. The molecule has 2 aliphatic heterocycles. The summed E-state index contributed by atoms with van der Waals surface area (Å²) < 4.78 is 27.0. The fraction of sp³-hybridized carbons (Fsp3) is 0.526. The molecule has 8 heteroatoms. The smallest absolute Gasteiger partial charge is 0.304 e. The third-order valence-electron chi connectivity index (χ3n) is 4.89. The van der Waals surface area contributed by atoms with E-state index < -0.39 is 11.4 Å². The van der Waals surface area contributed by atoms with Gasteiger partial charge >= 0.3 is 11.4 Å². The zero-order valence-electron chi connectivity index (χ0n) is 15.1. The minimum Gasteiger partial charge on any atom is -0.487 e. The Morgan fingerprint density at radius 2 is 1.93 bits per heavy atom. The Kier molecular flexibility index (Phi) is 6.51. The lowest BCUT2D eigenvalue weighted by Gasteiger charge is -2.20. The van der Waals surface area contributed by atoms with Crippen molar-refractivity contribution in [2.75, 3.05) is 26.3 Å². The van der Waals surface area contributed by atoms with Gasteiger partial charge in [-0.25, -0.2) is 4.98 Å². The Labute approximate surface area is 166 Å². The second-order valence-electron chi connectivity index (χ2n) is 6.98. The molecule has 3 heterocycles. The van der Waals surface area contributed by atoms with E-state index in [0.717, 1.165) is 31.0 Å². The predicted molar refractivity (Wildman–Crippen MR) is 105 cm³/mol. The summed E-state index contributed by atoms with van der Waals surface area (Å²) in [7, 11) is 0. The van der Waals surface area contributed by atoms with Crippen molar-refractivity contribution in [1.29, 1.82) is 0 Å². The number of nitrogens with one attached hydrogen (secondary N) is 1. The molecule has 1 N–H and O–H groups in total. The number of hydrogen-bond donors (Lipinski definition) is 1. The van der Waals surface area contributed by atoms with Crippen LogP contribution in [-0.2, 0) is 32.8 Å². The maximum Gasteiger partial charge on any atom is 0.304 e. The monoisotopic (exact) mass is 408 g/mol. The number of aromatic nitrogens is 1. The maximum absolute atomic E-state index is 11.0. The summed E-state index contributed by atoms with van der Waals surface area (Å²) in [5, 5.41) is 6.74. The number of rotatable bonds is 6. The van der Waals surface area contributed by atoms with Crippen LogP contribution >= 0.6 is 11.3 Å². The van der Waals surface area contributed by atoms with Gasteiger partial charge < -0.3 is 10.1 Å². The molecule has 0 spiro atoms. The first-order chi connectivity index (χ1) is 13.3. The summed E-state index contributed by atoms with van der Waals surface area (Å²) in [6.07, 6.45) is 3.17. The third kappa shape index (κ3) is 5.36. The van der Waals surface area contributed by atoms with Crippen LogP contribution in [0.3, 0.4) is 0 Å². The quantitative estimate of drug-likeness (QED) is 0.793. The van der Waals surface area contributed by atoms with Crippen molar-refractivity contribution in [3.63, 3.8) is 0 Å². The van der Waals surface area contributed by atoms with Gasteiger partial charge in [-0.05, 0) is 50.0 Å². The highest BCUT2D eigenvalue weighted by Gasteiger charge is 2.20. The van der Waals surface area contributed by atoms with Crippen molar-refractivity contribution >= 4 is 22.7 Å². The van der Waals surface area contributed by atoms with Gasteiger partial charge in [0.1, 0.15) is 12.4 Å². The van der Waals surface area contributed by atoms with Gasteiger partial charge in [0.2, 0.25) is 0 Å². The van der Waals surface area contributed by atoms with Crippen molar-refractivity contribution in [1.82, 2.24) is 10.3 Å². The highest BCUT2D eigenvalue weighted by Crippen LogP contribution is 2.28. The van der Waals surface area contributed by atoms with E-state index in [-0.39, 0.29) is 5.92 Å². The number of benzene rings is 1. The first-order valence-electron chi connectivity index (χ1n) is 9.31. The molecule has 4 rings (SSSR count). The van der Waals surface area contributed by atoms with Crippen molar-refractivity contribution < 1.29 is 17.3 Å². The molecule has 2 fully saturated rings. The molecule has 0 saturated carbocycles. The normalized spacial score (nSPS) is 24.0. The Morgan fingerprint density at radius 3 is 2.67 bits per heavy atom. The molecule has 2 aromatic rings. The lowest BCUT2D eigenvalue weighted by Crippen LogP contribution is -2.26. The zero-order chi connectivity index (χ0) is 18.5. The van der Waals surface area contributed by atoms with Crippen LogP contribution in [0, 0.1) is 5.92 Å². The largest absolute Gasteiger partial charge is 0.487 e. The van der Waals surface area contributed by atoms with Gasteiger partial charge in [0, 0.05) is 17.2 Å². The number of nitrogens with zero attached hydrogens (tertiary/aromatic N) is 1.